The molecule has 0 aromatic heterocycles. The Kier molecular flexibility index (Phi) is 5.17. The van der Waals surface area contributed by atoms with Crippen LogP contribution in [0.3, 0.4) is 0 Å². The Balaban J connectivity index is 2.19. The molecule has 0 aliphatic carbocycles. The second kappa shape index (κ2) is 5.98. The average Bonchev–Trinajstić information content (AvgIpc) is 2.24. The van der Waals surface area contributed by atoms with E-state index in [-0.39, 0.29) is 19.3 Å². The molecule has 0 bridgehead atoms. The summed E-state index contributed by atoms with van der Waals surface area (Å²) < 4.78 is 63.7. The molecule has 1 saturated heterocycles. The van der Waals surface area contributed by atoms with E-state index in [9.17, 15) is 21.6 Å². The van der Waals surface area contributed by atoms with Crippen LogP contribution < -0.4 is 10.0 Å². The van der Waals surface area contributed by atoms with Crippen molar-refractivity contribution in [3.63, 3.8) is 0 Å². The van der Waals surface area contributed by atoms with Crippen molar-refractivity contribution in [3.05, 3.63) is 0 Å². The quantitative estimate of drug-likeness (QED) is 0.704. The molecule has 0 aromatic rings. The van der Waals surface area contributed by atoms with E-state index >= 15 is 0 Å². The summed E-state index contributed by atoms with van der Waals surface area (Å²) in [5.74, 6) is 0. The monoisotopic (exact) mass is 276 g/mol. The topological polar surface area (TPSA) is 67.4 Å². The van der Waals surface area contributed by atoms with Crippen molar-refractivity contribution in [3.8, 4) is 0 Å². The standard InChI is InChI=1S/C8H15F3N2O3S/c9-8(10,11)17(14,15)13-5-6-16-7-1-3-12-4-2-7/h7,12-13H,1-6H2. The van der Waals surface area contributed by atoms with Gasteiger partial charge in [0.1, 0.15) is 0 Å². The van der Waals surface area contributed by atoms with Gasteiger partial charge in [-0.3, -0.25) is 0 Å². The van der Waals surface area contributed by atoms with Crippen LogP contribution in [0.4, 0.5) is 13.2 Å². The molecule has 1 rings (SSSR count). The van der Waals surface area contributed by atoms with Gasteiger partial charge in [-0.2, -0.15) is 13.2 Å². The van der Waals surface area contributed by atoms with Gasteiger partial charge in [0.25, 0.3) is 0 Å². The van der Waals surface area contributed by atoms with E-state index in [4.69, 9.17) is 4.74 Å². The second-order valence-electron chi connectivity index (χ2n) is 3.66. The number of hydrogen-bond acceptors (Lipinski definition) is 4. The minimum Gasteiger partial charge on any atom is -0.377 e. The largest absolute Gasteiger partial charge is 0.511 e. The van der Waals surface area contributed by atoms with Crippen LogP contribution in [0.15, 0.2) is 0 Å². The molecule has 1 aliphatic heterocycles. The number of halogens is 3. The SMILES string of the molecule is O=S(=O)(NCCOC1CCNCC1)C(F)(F)F. The van der Waals surface area contributed by atoms with Crippen LogP contribution in [0.2, 0.25) is 0 Å². The van der Waals surface area contributed by atoms with E-state index in [1.54, 1.807) is 0 Å². The summed E-state index contributed by atoms with van der Waals surface area (Å²) >= 11 is 0. The molecule has 5 nitrogen and oxygen atoms in total. The molecule has 0 unspecified atom stereocenters. The average molecular weight is 276 g/mol. The fourth-order valence-electron chi connectivity index (χ4n) is 1.45. The molecular formula is C8H15F3N2O3S. The predicted molar refractivity (Wildman–Crippen MR) is 54.8 cm³/mol. The number of sulfonamides is 1. The Morgan fingerprint density at radius 1 is 1.29 bits per heavy atom. The summed E-state index contributed by atoms with van der Waals surface area (Å²) in [6.07, 6.45) is 1.56. The Morgan fingerprint density at radius 3 is 2.41 bits per heavy atom. The molecule has 102 valence electrons. The molecule has 0 spiro atoms. The van der Waals surface area contributed by atoms with Crippen LogP contribution in [0.5, 0.6) is 0 Å². The Bertz CT molecular complexity index is 325. The zero-order chi connectivity index (χ0) is 12.9. The van der Waals surface area contributed by atoms with E-state index in [2.05, 4.69) is 5.32 Å². The number of piperidine rings is 1. The minimum atomic E-state index is -5.26. The third kappa shape index (κ3) is 4.78. The molecule has 0 radical (unpaired) electrons. The van der Waals surface area contributed by atoms with Gasteiger partial charge in [-0.15, -0.1) is 0 Å². The van der Waals surface area contributed by atoms with E-state index in [0.29, 0.717) is 0 Å². The lowest BCUT2D eigenvalue weighted by Crippen LogP contribution is -2.39. The number of hydrogen-bond donors (Lipinski definition) is 2. The lowest BCUT2D eigenvalue weighted by atomic mass is 10.1. The van der Waals surface area contributed by atoms with Crippen molar-refractivity contribution in [1.82, 2.24) is 10.0 Å². The van der Waals surface area contributed by atoms with E-state index < -0.39 is 15.5 Å². The molecule has 0 aromatic carbocycles. The molecule has 9 heteroatoms. The lowest BCUT2D eigenvalue weighted by Gasteiger charge is -2.22. The molecule has 0 amide bonds. The summed E-state index contributed by atoms with van der Waals surface area (Å²) in [7, 11) is -5.24. The van der Waals surface area contributed by atoms with Crippen molar-refractivity contribution < 1.29 is 26.3 Å². The maximum Gasteiger partial charge on any atom is 0.511 e. The first-order chi connectivity index (χ1) is 7.83. The predicted octanol–water partition coefficient (Wildman–Crippen LogP) is 0.194. The van der Waals surface area contributed by atoms with Gasteiger partial charge in [0.05, 0.1) is 12.7 Å². The van der Waals surface area contributed by atoms with Crippen LogP contribution in [-0.4, -0.2) is 46.3 Å². The normalized spacial score (nSPS) is 19.5. The summed E-state index contributed by atoms with van der Waals surface area (Å²) in [4.78, 5) is 0. The van der Waals surface area contributed by atoms with E-state index in [0.717, 1.165) is 25.9 Å². The third-order valence-electron chi connectivity index (χ3n) is 2.34. The highest BCUT2D eigenvalue weighted by molar-refractivity contribution is 7.90. The van der Waals surface area contributed by atoms with Crippen LogP contribution in [0.1, 0.15) is 12.8 Å². The molecule has 0 atom stereocenters. The zero-order valence-electron chi connectivity index (χ0n) is 9.09. The van der Waals surface area contributed by atoms with Crippen LogP contribution in [0.25, 0.3) is 0 Å². The smallest absolute Gasteiger partial charge is 0.377 e. The van der Waals surface area contributed by atoms with Gasteiger partial charge in [-0.25, -0.2) is 13.1 Å². The highest BCUT2D eigenvalue weighted by Crippen LogP contribution is 2.21. The maximum atomic E-state index is 11.9. The second-order valence-corrected chi connectivity index (χ2v) is 5.42. The van der Waals surface area contributed by atoms with Crippen molar-refractivity contribution >= 4 is 10.0 Å². The van der Waals surface area contributed by atoms with Crippen molar-refractivity contribution in [1.29, 1.82) is 0 Å². The zero-order valence-corrected chi connectivity index (χ0v) is 9.90. The van der Waals surface area contributed by atoms with Gasteiger partial charge in [-0.05, 0) is 25.9 Å². The Morgan fingerprint density at radius 2 is 1.88 bits per heavy atom. The van der Waals surface area contributed by atoms with Gasteiger partial charge in [0.2, 0.25) is 0 Å². The summed E-state index contributed by atoms with van der Waals surface area (Å²) in [5.41, 5.74) is -5.26. The van der Waals surface area contributed by atoms with Crippen LogP contribution in [-0.2, 0) is 14.8 Å². The molecule has 17 heavy (non-hydrogen) atoms. The molecular weight excluding hydrogens is 261 g/mol. The maximum absolute atomic E-state index is 11.9. The highest BCUT2D eigenvalue weighted by Gasteiger charge is 2.45. The molecule has 2 N–H and O–H groups in total. The Hall–Kier alpha value is -0.380. The van der Waals surface area contributed by atoms with Gasteiger partial charge in [-0.1, -0.05) is 0 Å². The summed E-state index contributed by atoms with van der Waals surface area (Å²) in [5, 5.41) is 3.11. The summed E-state index contributed by atoms with van der Waals surface area (Å²) in [6, 6.07) is 0. The van der Waals surface area contributed by atoms with Crippen LogP contribution >= 0.6 is 0 Å². The van der Waals surface area contributed by atoms with Crippen molar-refractivity contribution in [2.45, 2.75) is 24.5 Å². The first-order valence-electron chi connectivity index (χ1n) is 5.21. The fourth-order valence-corrected chi connectivity index (χ4v) is 1.96. The van der Waals surface area contributed by atoms with Gasteiger partial charge in [0, 0.05) is 6.54 Å². The molecule has 1 heterocycles. The number of nitrogens with one attached hydrogen (secondary N) is 2. The number of rotatable bonds is 5. The first kappa shape index (κ1) is 14.7. The van der Waals surface area contributed by atoms with Crippen molar-refractivity contribution in [2.75, 3.05) is 26.2 Å². The lowest BCUT2D eigenvalue weighted by molar-refractivity contribution is -0.0450. The highest BCUT2D eigenvalue weighted by atomic mass is 32.2. The van der Waals surface area contributed by atoms with Gasteiger partial charge >= 0.3 is 15.5 Å². The van der Waals surface area contributed by atoms with E-state index in [1.165, 1.54) is 4.72 Å². The molecule has 1 fully saturated rings. The first-order valence-corrected chi connectivity index (χ1v) is 6.69. The minimum absolute atomic E-state index is 0.00774. The van der Waals surface area contributed by atoms with Gasteiger partial charge in [0.15, 0.2) is 0 Å². The van der Waals surface area contributed by atoms with Gasteiger partial charge < -0.3 is 10.1 Å². The third-order valence-corrected chi connectivity index (χ3v) is 3.53. The number of alkyl halides is 3. The van der Waals surface area contributed by atoms with E-state index in [1.807, 2.05) is 0 Å². The van der Waals surface area contributed by atoms with Crippen molar-refractivity contribution in [2.24, 2.45) is 0 Å². The molecule has 0 saturated carbocycles. The Labute approximate surface area is 97.8 Å². The van der Waals surface area contributed by atoms with Crippen LogP contribution in [0, 0.1) is 0 Å². The summed E-state index contributed by atoms with van der Waals surface area (Å²) in [6.45, 7) is 1.18. The molecule has 1 aliphatic rings. The number of ether oxygens (including phenoxy) is 1. The fraction of sp³-hybridized carbons (Fsp3) is 1.00.